The highest BCUT2D eigenvalue weighted by Gasteiger charge is 2.34. The lowest BCUT2D eigenvalue weighted by molar-refractivity contribution is -0.140. The van der Waals surface area contributed by atoms with Gasteiger partial charge in [0.05, 0.1) is 24.6 Å². The smallest absolute Gasteiger partial charge is 0.416 e. The van der Waals surface area contributed by atoms with E-state index in [2.05, 4.69) is 5.32 Å². The average Bonchev–Trinajstić information content (AvgIpc) is 2.81. The van der Waals surface area contributed by atoms with Crippen LogP contribution in [0.25, 0.3) is 0 Å². The second-order valence-electron chi connectivity index (χ2n) is 8.01. The summed E-state index contributed by atoms with van der Waals surface area (Å²) in [4.78, 5) is 27.5. The summed E-state index contributed by atoms with van der Waals surface area (Å²) in [5, 5.41) is 2.67. The molecule has 0 fully saturated rings. The molecule has 36 heavy (non-hydrogen) atoms. The van der Waals surface area contributed by atoms with Gasteiger partial charge in [0.25, 0.3) is 0 Å². The standard InChI is InChI=1S/C24H30F3N3O5S/c1-5-21(23(32)28-6-2)29(15-17-10-12-20(35-3)13-11-17)22(31)16-30(36(4,33)34)19-9-7-8-18(14-19)24(25,26)27/h7-14,21H,5-6,15-16H2,1-4H3,(H,28,32). The first-order valence-corrected chi connectivity index (χ1v) is 13.0. The van der Waals surface area contributed by atoms with Gasteiger partial charge < -0.3 is 15.0 Å². The highest BCUT2D eigenvalue weighted by atomic mass is 32.2. The van der Waals surface area contributed by atoms with Crippen LogP contribution in [-0.2, 0) is 32.3 Å². The van der Waals surface area contributed by atoms with Gasteiger partial charge in [-0.2, -0.15) is 13.2 Å². The molecule has 8 nitrogen and oxygen atoms in total. The number of rotatable bonds is 11. The Bertz CT molecular complexity index is 1150. The number of carbonyl (C=O) groups excluding carboxylic acids is 2. The van der Waals surface area contributed by atoms with Gasteiger partial charge in [-0.1, -0.05) is 25.1 Å². The van der Waals surface area contributed by atoms with Gasteiger partial charge in [0.1, 0.15) is 18.3 Å². The molecular weight excluding hydrogens is 499 g/mol. The maximum atomic E-state index is 13.5. The first kappa shape index (κ1) is 29.0. The number of nitrogens with zero attached hydrogens (tertiary/aromatic N) is 2. The fourth-order valence-corrected chi connectivity index (χ4v) is 4.43. The number of nitrogens with one attached hydrogen (secondary N) is 1. The highest BCUT2D eigenvalue weighted by Crippen LogP contribution is 2.32. The van der Waals surface area contributed by atoms with E-state index in [9.17, 15) is 31.2 Å². The van der Waals surface area contributed by atoms with Gasteiger partial charge in [-0.05, 0) is 49.2 Å². The molecule has 0 heterocycles. The predicted molar refractivity (Wildman–Crippen MR) is 130 cm³/mol. The number of amides is 2. The minimum atomic E-state index is -4.70. The molecule has 0 aliphatic rings. The Kier molecular flexibility index (Phi) is 9.74. The van der Waals surface area contributed by atoms with Crippen molar-refractivity contribution in [3.63, 3.8) is 0 Å². The van der Waals surface area contributed by atoms with Crippen LogP contribution in [0.4, 0.5) is 18.9 Å². The van der Waals surface area contributed by atoms with E-state index in [1.165, 1.54) is 18.1 Å². The quantitative estimate of drug-likeness (QED) is 0.481. The number of carbonyl (C=O) groups is 2. The molecule has 1 N–H and O–H groups in total. The van der Waals surface area contributed by atoms with Crippen molar-refractivity contribution in [1.82, 2.24) is 10.2 Å². The number of ether oxygens (including phenoxy) is 1. The predicted octanol–water partition coefficient (Wildman–Crippen LogP) is 3.42. The van der Waals surface area contributed by atoms with Crippen molar-refractivity contribution in [2.75, 3.05) is 30.8 Å². The Hall–Kier alpha value is -3.28. The Morgan fingerprint density at radius 3 is 2.22 bits per heavy atom. The summed E-state index contributed by atoms with van der Waals surface area (Å²) in [5.41, 5.74) is -0.710. The molecule has 12 heteroatoms. The second kappa shape index (κ2) is 12.1. The van der Waals surface area contributed by atoms with Gasteiger partial charge >= 0.3 is 6.18 Å². The topological polar surface area (TPSA) is 96.0 Å². The molecule has 1 atom stereocenters. The zero-order valence-corrected chi connectivity index (χ0v) is 21.3. The van der Waals surface area contributed by atoms with Crippen LogP contribution in [0, 0.1) is 0 Å². The third-order valence-electron chi connectivity index (χ3n) is 5.39. The van der Waals surface area contributed by atoms with Crippen molar-refractivity contribution in [2.45, 2.75) is 39.0 Å². The number of halogens is 3. The molecule has 0 aliphatic heterocycles. The summed E-state index contributed by atoms with van der Waals surface area (Å²) in [6, 6.07) is 9.55. The van der Waals surface area contributed by atoms with Gasteiger partial charge in [-0.25, -0.2) is 8.42 Å². The first-order valence-electron chi connectivity index (χ1n) is 11.2. The molecule has 2 amide bonds. The van der Waals surface area contributed by atoms with E-state index in [1.54, 1.807) is 38.1 Å². The molecule has 0 aromatic heterocycles. The summed E-state index contributed by atoms with van der Waals surface area (Å²) in [6.45, 7) is 2.93. The summed E-state index contributed by atoms with van der Waals surface area (Å²) < 4.78 is 70.5. The van der Waals surface area contributed by atoms with Gasteiger partial charge in [-0.15, -0.1) is 0 Å². The molecule has 0 bridgehead atoms. The molecule has 0 aliphatic carbocycles. The molecule has 2 rings (SSSR count). The van der Waals surface area contributed by atoms with Crippen molar-refractivity contribution in [3.8, 4) is 5.75 Å². The minimum Gasteiger partial charge on any atom is -0.497 e. The van der Waals surface area contributed by atoms with Crippen LogP contribution < -0.4 is 14.4 Å². The monoisotopic (exact) mass is 529 g/mol. The largest absolute Gasteiger partial charge is 0.497 e. The van der Waals surface area contributed by atoms with E-state index in [-0.39, 0.29) is 18.7 Å². The van der Waals surface area contributed by atoms with Crippen molar-refractivity contribution in [1.29, 1.82) is 0 Å². The number of alkyl halides is 3. The van der Waals surface area contributed by atoms with E-state index in [0.29, 0.717) is 28.2 Å². The Morgan fingerprint density at radius 1 is 1.08 bits per heavy atom. The minimum absolute atomic E-state index is 0.0291. The average molecular weight is 530 g/mol. The molecule has 198 valence electrons. The Labute approximate surface area is 209 Å². The molecular formula is C24H30F3N3O5S. The van der Waals surface area contributed by atoms with Crippen LogP contribution in [0.2, 0.25) is 0 Å². The summed E-state index contributed by atoms with van der Waals surface area (Å²) in [7, 11) is -2.65. The van der Waals surface area contributed by atoms with Gasteiger partial charge in [0.15, 0.2) is 0 Å². The van der Waals surface area contributed by atoms with E-state index in [1.807, 2.05) is 0 Å². The molecule has 0 saturated carbocycles. The Morgan fingerprint density at radius 2 is 1.72 bits per heavy atom. The third-order valence-corrected chi connectivity index (χ3v) is 6.53. The van der Waals surface area contributed by atoms with Crippen LogP contribution >= 0.6 is 0 Å². The maximum absolute atomic E-state index is 13.5. The summed E-state index contributed by atoms with van der Waals surface area (Å²) >= 11 is 0. The zero-order chi connectivity index (χ0) is 27.1. The summed E-state index contributed by atoms with van der Waals surface area (Å²) in [5.74, 6) is -0.584. The van der Waals surface area contributed by atoms with Crippen molar-refractivity contribution < 1.29 is 35.9 Å². The van der Waals surface area contributed by atoms with Gasteiger partial charge in [-0.3, -0.25) is 13.9 Å². The lowest BCUT2D eigenvalue weighted by Gasteiger charge is -2.33. The van der Waals surface area contributed by atoms with Crippen molar-refractivity contribution >= 4 is 27.5 Å². The number of benzene rings is 2. The van der Waals surface area contributed by atoms with E-state index < -0.39 is 46.2 Å². The van der Waals surface area contributed by atoms with Gasteiger partial charge in [0, 0.05) is 13.1 Å². The first-order chi connectivity index (χ1) is 16.8. The lowest BCUT2D eigenvalue weighted by atomic mass is 10.1. The van der Waals surface area contributed by atoms with Crippen LogP contribution in [0.3, 0.4) is 0 Å². The zero-order valence-electron chi connectivity index (χ0n) is 20.5. The lowest BCUT2D eigenvalue weighted by Crippen LogP contribution is -2.52. The van der Waals surface area contributed by atoms with E-state index >= 15 is 0 Å². The second-order valence-corrected chi connectivity index (χ2v) is 9.91. The number of likely N-dealkylation sites (N-methyl/N-ethyl adjacent to an activating group) is 1. The molecule has 0 radical (unpaired) electrons. The van der Waals surface area contributed by atoms with Crippen LogP contribution in [0.15, 0.2) is 48.5 Å². The fourth-order valence-electron chi connectivity index (χ4n) is 3.59. The number of anilines is 1. The number of hydrogen-bond donors (Lipinski definition) is 1. The molecule has 1 unspecified atom stereocenters. The molecule has 0 saturated heterocycles. The van der Waals surface area contributed by atoms with Crippen LogP contribution in [0.5, 0.6) is 5.75 Å². The SMILES string of the molecule is CCNC(=O)C(CC)N(Cc1ccc(OC)cc1)C(=O)CN(c1cccc(C(F)(F)F)c1)S(C)(=O)=O. The number of hydrogen-bond acceptors (Lipinski definition) is 5. The van der Waals surface area contributed by atoms with E-state index in [4.69, 9.17) is 4.74 Å². The fraction of sp³-hybridized carbons (Fsp3) is 0.417. The maximum Gasteiger partial charge on any atom is 0.416 e. The third kappa shape index (κ3) is 7.61. The number of sulfonamides is 1. The number of methoxy groups -OCH3 is 1. The van der Waals surface area contributed by atoms with Crippen molar-refractivity contribution in [3.05, 3.63) is 59.7 Å². The van der Waals surface area contributed by atoms with Crippen molar-refractivity contribution in [2.24, 2.45) is 0 Å². The van der Waals surface area contributed by atoms with Gasteiger partial charge in [0.2, 0.25) is 21.8 Å². The Balaban J connectivity index is 2.47. The van der Waals surface area contributed by atoms with Crippen LogP contribution in [0.1, 0.15) is 31.4 Å². The highest BCUT2D eigenvalue weighted by molar-refractivity contribution is 7.92. The van der Waals surface area contributed by atoms with Crippen LogP contribution in [-0.4, -0.2) is 57.6 Å². The molecule has 0 spiro atoms. The summed E-state index contributed by atoms with van der Waals surface area (Å²) in [6.07, 6.45) is -3.67. The normalized spacial score (nSPS) is 12.5. The molecule has 2 aromatic rings. The molecule has 2 aromatic carbocycles. The van der Waals surface area contributed by atoms with E-state index in [0.717, 1.165) is 18.4 Å².